The van der Waals surface area contributed by atoms with E-state index in [0.717, 1.165) is 0 Å². The Bertz CT molecular complexity index is 273. The number of ether oxygens (including phenoxy) is 1. The van der Waals surface area contributed by atoms with Crippen molar-refractivity contribution in [2.24, 2.45) is 16.2 Å². The van der Waals surface area contributed by atoms with Crippen molar-refractivity contribution in [3.05, 3.63) is 24.3 Å². The average Bonchev–Trinajstić information content (AvgIpc) is 2.09. The van der Waals surface area contributed by atoms with E-state index < -0.39 is 0 Å². The van der Waals surface area contributed by atoms with Crippen LogP contribution < -0.4 is 10.6 Å². The van der Waals surface area contributed by atoms with E-state index in [1.54, 1.807) is 6.07 Å². The van der Waals surface area contributed by atoms with E-state index in [0.29, 0.717) is 18.0 Å². The van der Waals surface area contributed by atoms with Crippen LogP contribution in [0.1, 0.15) is 6.92 Å². The zero-order valence-corrected chi connectivity index (χ0v) is 6.90. The fourth-order valence-corrected chi connectivity index (χ4v) is 0.880. The first-order valence-corrected chi connectivity index (χ1v) is 3.71. The van der Waals surface area contributed by atoms with Crippen LogP contribution in [0.5, 0.6) is 5.75 Å². The van der Waals surface area contributed by atoms with Gasteiger partial charge in [0.1, 0.15) is 11.4 Å². The van der Waals surface area contributed by atoms with Crippen LogP contribution in [0.2, 0.25) is 0 Å². The zero-order chi connectivity index (χ0) is 8.81. The average molecular weight is 165 g/mol. The summed E-state index contributed by atoms with van der Waals surface area (Å²) in [6.45, 7) is 2.52. The van der Waals surface area contributed by atoms with Crippen molar-refractivity contribution in [1.82, 2.24) is 0 Å². The molecule has 4 nitrogen and oxygen atoms in total. The summed E-state index contributed by atoms with van der Waals surface area (Å²) in [6, 6.07) is 7.35. The quantitative estimate of drug-likeness (QED) is 0.423. The minimum Gasteiger partial charge on any atom is -0.492 e. The van der Waals surface area contributed by atoms with E-state index in [9.17, 15) is 0 Å². The number of hydrogen-bond acceptors (Lipinski definition) is 3. The van der Waals surface area contributed by atoms with Gasteiger partial charge in [-0.15, -0.1) is 5.11 Å². The summed E-state index contributed by atoms with van der Waals surface area (Å²) in [7, 11) is 0. The summed E-state index contributed by atoms with van der Waals surface area (Å²) in [5.74, 6) is 5.63. The number of nitrogens with two attached hydrogens (primary N) is 1. The lowest BCUT2D eigenvalue weighted by Gasteiger charge is -2.03. The third-order valence-corrected chi connectivity index (χ3v) is 1.33. The number of para-hydroxylation sites is 1. The molecule has 1 aromatic carbocycles. The van der Waals surface area contributed by atoms with Gasteiger partial charge in [0.2, 0.25) is 0 Å². The molecular formula is C8H11N3O. The Hall–Kier alpha value is -1.58. The lowest BCUT2D eigenvalue weighted by atomic mass is 10.3. The van der Waals surface area contributed by atoms with Crippen molar-refractivity contribution in [3.8, 4) is 5.75 Å². The highest BCUT2D eigenvalue weighted by Crippen LogP contribution is 2.26. The van der Waals surface area contributed by atoms with Gasteiger partial charge in [0, 0.05) is 0 Å². The normalized spacial score (nSPS) is 10.4. The predicted molar refractivity (Wildman–Crippen MR) is 46.3 cm³/mol. The van der Waals surface area contributed by atoms with Crippen LogP contribution in [0.3, 0.4) is 0 Å². The molecule has 0 saturated carbocycles. The lowest BCUT2D eigenvalue weighted by molar-refractivity contribution is 0.341. The molecule has 64 valence electrons. The van der Waals surface area contributed by atoms with Crippen LogP contribution in [0.15, 0.2) is 34.6 Å². The molecule has 0 unspecified atom stereocenters. The molecule has 0 aliphatic rings. The standard InChI is InChI=1S/C8H11N3O/c1-2-12-8-6-4-3-5-7(8)10-11-9/h3-6H,2H2,1H3,(H2,9,10). The highest BCUT2D eigenvalue weighted by molar-refractivity contribution is 5.50. The summed E-state index contributed by atoms with van der Waals surface area (Å²) >= 11 is 0. The van der Waals surface area contributed by atoms with E-state index in [1.165, 1.54) is 0 Å². The van der Waals surface area contributed by atoms with Crippen molar-refractivity contribution in [2.45, 2.75) is 6.92 Å². The van der Waals surface area contributed by atoms with Crippen LogP contribution >= 0.6 is 0 Å². The van der Waals surface area contributed by atoms with E-state index in [2.05, 4.69) is 10.3 Å². The van der Waals surface area contributed by atoms with Crippen LogP contribution in [0.25, 0.3) is 0 Å². The van der Waals surface area contributed by atoms with E-state index in [4.69, 9.17) is 10.6 Å². The molecule has 12 heavy (non-hydrogen) atoms. The third-order valence-electron chi connectivity index (χ3n) is 1.33. The first-order valence-electron chi connectivity index (χ1n) is 3.71. The van der Waals surface area contributed by atoms with Gasteiger partial charge in [0.25, 0.3) is 0 Å². The summed E-state index contributed by atoms with van der Waals surface area (Å²) in [5.41, 5.74) is 0.654. The molecule has 0 saturated heterocycles. The first kappa shape index (κ1) is 8.52. The molecule has 0 radical (unpaired) electrons. The maximum atomic E-state index is 5.28. The maximum Gasteiger partial charge on any atom is 0.146 e. The maximum absolute atomic E-state index is 5.28. The molecule has 0 aliphatic heterocycles. The van der Waals surface area contributed by atoms with E-state index >= 15 is 0 Å². The second kappa shape index (κ2) is 4.33. The Labute approximate surface area is 71.0 Å². The van der Waals surface area contributed by atoms with Gasteiger partial charge in [-0.2, -0.15) is 0 Å². The smallest absolute Gasteiger partial charge is 0.146 e. The van der Waals surface area contributed by atoms with E-state index in [-0.39, 0.29) is 0 Å². The summed E-state index contributed by atoms with van der Waals surface area (Å²) in [6.07, 6.45) is 0. The summed E-state index contributed by atoms with van der Waals surface area (Å²) in [4.78, 5) is 0. The molecule has 4 heteroatoms. The van der Waals surface area contributed by atoms with Gasteiger partial charge in [-0.25, -0.2) is 0 Å². The molecule has 0 amide bonds. The number of hydrogen-bond donors (Lipinski definition) is 1. The monoisotopic (exact) mass is 165 g/mol. The Morgan fingerprint density at radius 2 is 2.17 bits per heavy atom. The van der Waals surface area contributed by atoms with Crippen molar-refractivity contribution in [2.75, 3.05) is 6.61 Å². The SMILES string of the molecule is CCOc1ccccc1N=NN. The second-order valence-electron chi connectivity index (χ2n) is 2.12. The minimum atomic E-state index is 0.608. The molecule has 1 aromatic rings. The summed E-state index contributed by atoms with van der Waals surface area (Å²) in [5, 5.41) is 6.90. The highest BCUT2D eigenvalue weighted by Gasteiger charge is 1.98. The van der Waals surface area contributed by atoms with Gasteiger partial charge in [0.05, 0.1) is 6.61 Å². The van der Waals surface area contributed by atoms with Gasteiger partial charge in [-0.3, -0.25) is 0 Å². The largest absolute Gasteiger partial charge is 0.492 e. The first-order chi connectivity index (χ1) is 5.88. The topological polar surface area (TPSA) is 60.0 Å². The molecule has 0 atom stereocenters. The molecular weight excluding hydrogens is 154 g/mol. The van der Waals surface area contributed by atoms with Crippen molar-refractivity contribution < 1.29 is 4.74 Å². The lowest BCUT2D eigenvalue weighted by Crippen LogP contribution is -1.91. The Kier molecular flexibility index (Phi) is 3.07. The molecule has 1 rings (SSSR count). The number of nitrogens with zero attached hydrogens (tertiary/aromatic N) is 2. The molecule has 2 N–H and O–H groups in total. The van der Waals surface area contributed by atoms with Gasteiger partial charge < -0.3 is 10.6 Å². The van der Waals surface area contributed by atoms with Crippen LogP contribution in [0.4, 0.5) is 5.69 Å². The molecule has 0 spiro atoms. The van der Waals surface area contributed by atoms with Gasteiger partial charge in [-0.1, -0.05) is 17.4 Å². The van der Waals surface area contributed by atoms with Crippen molar-refractivity contribution >= 4 is 5.69 Å². The third kappa shape index (κ3) is 1.95. The fourth-order valence-electron chi connectivity index (χ4n) is 0.880. The zero-order valence-electron chi connectivity index (χ0n) is 6.90. The van der Waals surface area contributed by atoms with Crippen LogP contribution in [-0.4, -0.2) is 6.61 Å². The Balaban J connectivity index is 2.91. The van der Waals surface area contributed by atoms with Crippen LogP contribution in [0, 0.1) is 0 Å². The van der Waals surface area contributed by atoms with Gasteiger partial charge in [0.15, 0.2) is 0 Å². The van der Waals surface area contributed by atoms with Gasteiger partial charge in [-0.05, 0) is 19.1 Å². The van der Waals surface area contributed by atoms with Crippen molar-refractivity contribution in [1.29, 1.82) is 0 Å². The molecule has 0 fully saturated rings. The van der Waals surface area contributed by atoms with Crippen molar-refractivity contribution in [3.63, 3.8) is 0 Å². The fraction of sp³-hybridized carbons (Fsp3) is 0.250. The number of rotatable bonds is 3. The highest BCUT2D eigenvalue weighted by atomic mass is 16.5. The predicted octanol–water partition coefficient (Wildman–Crippen LogP) is 2.04. The Morgan fingerprint density at radius 1 is 1.42 bits per heavy atom. The molecule has 0 bridgehead atoms. The van der Waals surface area contributed by atoms with Gasteiger partial charge >= 0.3 is 0 Å². The molecule has 0 aromatic heterocycles. The second-order valence-corrected chi connectivity index (χ2v) is 2.12. The molecule has 0 aliphatic carbocycles. The minimum absolute atomic E-state index is 0.608. The van der Waals surface area contributed by atoms with Crippen LogP contribution in [-0.2, 0) is 0 Å². The summed E-state index contributed by atoms with van der Waals surface area (Å²) < 4.78 is 5.28. The Morgan fingerprint density at radius 3 is 2.83 bits per heavy atom. The molecule has 0 heterocycles. The number of benzene rings is 1. The van der Waals surface area contributed by atoms with E-state index in [1.807, 2.05) is 25.1 Å².